The zero-order valence-electron chi connectivity index (χ0n) is 21.3. The summed E-state index contributed by atoms with van der Waals surface area (Å²) in [5.41, 5.74) is -4.27. The van der Waals surface area contributed by atoms with E-state index in [4.69, 9.17) is 0 Å². The monoisotopic (exact) mass is 480 g/mol. The van der Waals surface area contributed by atoms with E-state index in [1.807, 2.05) is 13.8 Å². The lowest BCUT2D eigenvalue weighted by molar-refractivity contribution is -0.177. The van der Waals surface area contributed by atoms with E-state index >= 15 is 0 Å². The number of aliphatic hydroxyl groups is 6. The summed E-state index contributed by atoms with van der Waals surface area (Å²) in [6.07, 6.45) is 2.11. The van der Waals surface area contributed by atoms with Crippen LogP contribution < -0.4 is 0 Å². The molecule has 0 heterocycles. The van der Waals surface area contributed by atoms with Gasteiger partial charge in [0.1, 0.15) is 0 Å². The summed E-state index contributed by atoms with van der Waals surface area (Å²) < 4.78 is 0. The standard InChI is InChI=1S/C27H44O7/c1-23(2,32)9-8-22(31)26(5,33)21-7-11-27(34)16-12-18(28)17-13-19(29)20(30)14-24(17,3)15(16)6-10-25(21,27)4/h12,15,17,19-22,29-34H,6-11,13-14H2,1-5H3/t15?,17-,19-,20-,21-,22+,24+,25+,26+,27+/m0/s1. The number of hydrogen-bond donors (Lipinski definition) is 6. The van der Waals surface area contributed by atoms with Gasteiger partial charge in [-0.05, 0) is 101 Å². The zero-order valence-corrected chi connectivity index (χ0v) is 21.3. The van der Waals surface area contributed by atoms with Crippen LogP contribution in [0.4, 0.5) is 0 Å². The fourth-order valence-corrected chi connectivity index (χ4v) is 8.32. The minimum atomic E-state index is -1.46. The van der Waals surface area contributed by atoms with Crippen molar-refractivity contribution < 1.29 is 35.4 Å². The highest BCUT2D eigenvalue weighted by Gasteiger charge is 2.69. The van der Waals surface area contributed by atoms with Gasteiger partial charge in [-0.3, -0.25) is 4.79 Å². The fourth-order valence-electron chi connectivity index (χ4n) is 8.32. The van der Waals surface area contributed by atoms with Crippen LogP contribution in [0.5, 0.6) is 0 Å². The molecule has 4 aliphatic carbocycles. The lowest BCUT2D eigenvalue weighted by Crippen LogP contribution is -2.62. The second-order valence-electron chi connectivity index (χ2n) is 13.2. The van der Waals surface area contributed by atoms with Gasteiger partial charge in [0.15, 0.2) is 5.78 Å². The molecule has 4 rings (SSSR count). The van der Waals surface area contributed by atoms with Crippen LogP contribution in [0.2, 0.25) is 0 Å². The van der Waals surface area contributed by atoms with E-state index in [9.17, 15) is 35.4 Å². The maximum Gasteiger partial charge on any atom is 0.159 e. The predicted octanol–water partition coefficient (Wildman–Crippen LogP) is 1.85. The molecule has 0 aliphatic heterocycles. The normalized spacial score (nSPS) is 47.2. The van der Waals surface area contributed by atoms with E-state index in [-0.39, 0.29) is 36.4 Å². The summed E-state index contributed by atoms with van der Waals surface area (Å²) in [7, 11) is 0. The smallest absolute Gasteiger partial charge is 0.159 e. The van der Waals surface area contributed by atoms with Gasteiger partial charge in [-0.15, -0.1) is 0 Å². The average molecular weight is 481 g/mol. The van der Waals surface area contributed by atoms with Gasteiger partial charge in [-0.1, -0.05) is 13.8 Å². The Morgan fingerprint density at radius 3 is 2.32 bits per heavy atom. The number of carbonyl (C=O) groups excluding carboxylic acids is 1. The van der Waals surface area contributed by atoms with Crippen molar-refractivity contribution in [3.8, 4) is 0 Å². The Morgan fingerprint density at radius 1 is 1.06 bits per heavy atom. The van der Waals surface area contributed by atoms with Crippen LogP contribution in [0.3, 0.4) is 0 Å². The minimum absolute atomic E-state index is 0.0840. The first-order valence-corrected chi connectivity index (χ1v) is 12.9. The quantitative estimate of drug-likeness (QED) is 0.353. The molecular weight excluding hydrogens is 436 g/mol. The maximum atomic E-state index is 13.2. The lowest BCUT2D eigenvalue weighted by Gasteiger charge is -2.60. The fraction of sp³-hybridized carbons (Fsp3) is 0.889. The molecule has 0 amide bonds. The molecule has 0 saturated heterocycles. The Bertz CT molecular complexity index is 860. The first-order chi connectivity index (χ1) is 15.5. The van der Waals surface area contributed by atoms with Crippen LogP contribution in [0.25, 0.3) is 0 Å². The van der Waals surface area contributed by atoms with Gasteiger partial charge >= 0.3 is 0 Å². The van der Waals surface area contributed by atoms with Gasteiger partial charge in [0.25, 0.3) is 0 Å². The van der Waals surface area contributed by atoms with E-state index in [0.29, 0.717) is 44.1 Å². The largest absolute Gasteiger partial charge is 0.390 e. The summed E-state index contributed by atoms with van der Waals surface area (Å²) in [5.74, 6) is -0.948. The molecular formula is C27H44O7. The summed E-state index contributed by atoms with van der Waals surface area (Å²) in [5, 5.41) is 65.5. The molecule has 1 unspecified atom stereocenters. The van der Waals surface area contributed by atoms with Crippen LogP contribution in [0.15, 0.2) is 11.6 Å². The number of ketones is 1. The summed E-state index contributed by atoms with van der Waals surface area (Å²) in [6.45, 7) is 8.96. The molecule has 0 aromatic carbocycles. The van der Waals surface area contributed by atoms with E-state index in [1.165, 1.54) is 0 Å². The SMILES string of the molecule is CC(C)(O)CC[C@@H](O)[C@](C)(O)[C@H]1CC[C@@]2(O)C3=CC(=O)[C@@H]4C[C@H](O)[C@@H](O)C[C@]4(C)C3CC[C@]12C. The van der Waals surface area contributed by atoms with E-state index in [2.05, 4.69) is 0 Å². The topological polar surface area (TPSA) is 138 Å². The molecule has 7 nitrogen and oxygen atoms in total. The summed E-state index contributed by atoms with van der Waals surface area (Å²) in [6, 6.07) is 0. The molecule has 4 aliphatic rings. The summed E-state index contributed by atoms with van der Waals surface area (Å²) >= 11 is 0. The second-order valence-corrected chi connectivity index (χ2v) is 13.2. The van der Waals surface area contributed by atoms with Crippen LogP contribution in [-0.4, -0.2) is 71.5 Å². The van der Waals surface area contributed by atoms with Gasteiger partial charge in [0.2, 0.25) is 0 Å². The van der Waals surface area contributed by atoms with Crippen molar-refractivity contribution in [2.45, 2.75) is 121 Å². The molecule has 34 heavy (non-hydrogen) atoms. The number of rotatable bonds is 5. The van der Waals surface area contributed by atoms with Crippen molar-refractivity contribution in [3.63, 3.8) is 0 Å². The van der Waals surface area contributed by atoms with E-state index in [0.717, 1.165) is 0 Å². The third-order valence-corrected chi connectivity index (χ3v) is 10.5. The average Bonchev–Trinajstić information content (AvgIpc) is 3.00. The highest BCUT2D eigenvalue weighted by Crippen LogP contribution is 2.68. The van der Waals surface area contributed by atoms with Crippen molar-refractivity contribution >= 4 is 5.78 Å². The van der Waals surface area contributed by atoms with Crippen molar-refractivity contribution in [3.05, 3.63) is 11.6 Å². The van der Waals surface area contributed by atoms with Gasteiger partial charge in [-0.25, -0.2) is 0 Å². The third-order valence-electron chi connectivity index (χ3n) is 10.5. The molecule has 7 heteroatoms. The van der Waals surface area contributed by atoms with Crippen LogP contribution >= 0.6 is 0 Å². The Hall–Kier alpha value is -0.830. The number of fused-ring (bicyclic) bond motifs is 5. The van der Waals surface area contributed by atoms with Crippen LogP contribution in [0.1, 0.15) is 86.0 Å². The number of carbonyl (C=O) groups is 1. The number of aliphatic hydroxyl groups excluding tert-OH is 3. The highest BCUT2D eigenvalue weighted by molar-refractivity contribution is 5.95. The Labute approximate surface area is 202 Å². The van der Waals surface area contributed by atoms with E-state index < -0.39 is 45.9 Å². The molecule has 6 N–H and O–H groups in total. The molecule has 0 radical (unpaired) electrons. The Balaban J connectivity index is 1.66. The minimum Gasteiger partial charge on any atom is -0.390 e. The van der Waals surface area contributed by atoms with Crippen molar-refractivity contribution in [2.24, 2.45) is 28.6 Å². The highest BCUT2D eigenvalue weighted by atomic mass is 16.3. The molecule has 194 valence electrons. The molecule has 0 aromatic rings. The van der Waals surface area contributed by atoms with Crippen molar-refractivity contribution in [1.29, 1.82) is 0 Å². The van der Waals surface area contributed by atoms with Crippen LogP contribution in [-0.2, 0) is 4.79 Å². The molecule has 0 aromatic heterocycles. The maximum absolute atomic E-state index is 13.2. The molecule has 0 spiro atoms. The third kappa shape index (κ3) is 3.73. The van der Waals surface area contributed by atoms with E-state index in [1.54, 1.807) is 26.8 Å². The number of hydrogen-bond acceptors (Lipinski definition) is 7. The Morgan fingerprint density at radius 2 is 1.71 bits per heavy atom. The van der Waals surface area contributed by atoms with Gasteiger partial charge in [-0.2, -0.15) is 0 Å². The van der Waals surface area contributed by atoms with Crippen molar-refractivity contribution in [1.82, 2.24) is 0 Å². The Kier molecular flexibility index (Phi) is 6.24. The predicted molar refractivity (Wildman–Crippen MR) is 127 cm³/mol. The van der Waals surface area contributed by atoms with Gasteiger partial charge in [0, 0.05) is 11.3 Å². The molecule has 0 bridgehead atoms. The molecule has 3 fully saturated rings. The zero-order chi connectivity index (χ0) is 25.5. The van der Waals surface area contributed by atoms with Crippen molar-refractivity contribution in [2.75, 3.05) is 0 Å². The van der Waals surface area contributed by atoms with Gasteiger partial charge < -0.3 is 30.6 Å². The first kappa shape index (κ1) is 26.2. The summed E-state index contributed by atoms with van der Waals surface area (Å²) in [4.78, 5) is 13.2. The van der Waals surface area contributed by atoms with Crippen LogP contribution in [0, 0.1) is 28.6 Å². The second kappa shape index (κ2) is 8.09. The number of allylic oxidation sites excluding steroid dienone is 1. The molecule has 10 atom stereocenters. The first-order valence-electron chi connectivity index (χ1n) is 12.9. The lowest BCUT2D eigenvalue weighted by atomic mass is 9.45. The molecule has 3 saturated carbocycles. The van der Waals surface area contributed by atoms with Gasteiger partial charge in [0.05, 0.1) is 35.1 Å².